The second kappa shape index (κ2) is 3.22. The molecule has 4 heteroatoms. The van der Waals surface area contributed by atoms with Crippen LogP contribution in [0.3, 0.4) is 0 Å². The summed E-state index contributed by atoms with van der Waals surface area (Å²) in [6.07, 6.45) is -3.66. The molecule has 0 aliphatic heterocycles. The highest BCUT2D eigenvalue weighted by Gasteiger charge is 2.37. The molecule has 0 amide bonds. The molecule has 0 N–H and O–H groups in total. The molecule has 0 saturated heterocycles. The van der Waals surface area contributed by atoms with Gasteiger partial charge in [0.25, 0.3) is 0 Å². The Labute approximate surface area is 84.9 Å². The fourth-order valence-corrected chi connectivity index (χ4v) is 1.78. The SMILES string of the molecule is C[C@H]1C[C@@H]1c1ccc(C(F)(F)F)c(F)c1. The summed E-state index contributed by atoms with van der Waals surface area (Å²) < 4.78 is 49.8. The molecule has 15 heavy (non-hydrogen) atoms. The highest BCUT2D eigenvalue weighted by atomic mass is 19.4. The zero-order valence-corrected chi connectivity index (χ0v) is 8.11. The van der Waals surface area contributed by atoms with Gasteiger partial charge in [-0.05, 0) is 36.0 Å². The second-order valence-electron chi connectivity index (χ2n) is 4.06. The lowest BCUT2D eigenvalue weighted by Crippen LogP contribution is -2.08. The van der Waals surface area contributed by atoms with Crippen LogP contribution >= 0.6 is 0 Å². The van der Waals surface area contributed by atoms with Crippen LogP contribution in [-0.4, -0.2) is 0 Å². The van der Waals surface area contributed by atoms with Crippen molar-refractivity contribution < 1.29 is 17.6 Å². The minimum atomic E-state index is -4.60. The van der Waals surface area contributed by atoms with Crippen LogP contribution in [-0.2, 0) is 6.18 Å². The van der Waals surface area contributed by atoms with E-state index in [2.05, 4.69) is 0 Å². The molecule has 1 aliphatic rings. The van der Waals surface area contributed by atoms with Crippen LogP contribution in [0.5, 0.6) is 0 Å². The van der Waals surface area contributed by atoms with Gasteiger partial charge in [-0.1, -0.05) is 13.0 Å². The maximum atomic E-state index is 13.1. The highest BCUT2D eigenvalue weighted by Crippen LogP contribution is 2.47. The Morgan fingerprint density at radius 1 is 1.27 bits per heavy atom. The van der Waals surface area contributed by atoms with Gasteiger partial charge in [0.1, 0.15) is 5.82 Å². The zero-order valence-electron chi connectivity index (χ0n) is 8.11. The second-order valence-corrected chi connectivity index (χ2v) is 4.06. The lowest BCUT2D eigenvalue weighted by molar-refractivity contribution is -0.140. The summed E-state index contributed by atoms with van der Waals surface area (Å²) in [7, 11) is 0. The third-order valence-corrected chi connectivity index (χ3v) is 2.84. The van der Waals surface area contributed by atoms with E-state index in [1.165, 1.54) is 6.07 Å². The first-order chi connectivity index (χ1) is 6.89. The van der Waals surface area contributed by atoms with E-state index < -0.39 is 17.6 Å². The number of benzene rings is 1. The van der Waals surface area contributed by atoms with Gasteiger partial charge in [0, 0.05) is 0 Å². The minimum absolute atomic E-state index is 0.238. The predicted molar refractivity (Wildman–Crippen MR) is 47.9 cm³/mol. The maximum Gasteiger partial charge on any atom is 0.419 e. The van der Waals surface area contributed by atoms with Crippen molar-refractivity contribution >= 4 is 0 Å². The summed E-state index contributed by atoms with van der Waals surface area (Å²) >= 11 is 0. The van der Waals surface area contributed by atoms with Crippen molar-refractivity contribution in [2.75, 3.05) is 0 Å². The van der Waals surface area contributed by atoms with E-state index in [-0.39, 0.29) is 5.92 Å². The third kappa shape index (κ3) is 1.98. The van der Waals surface area contributed by atoms with Crippen LogP contribution in [0, 0.1) is 11.7 Å². The van der Waals surface area contributed by atoms with E-state index in [4.69, 9.17) is 0 Å². The first-order valence-electron chi connectivity index (χ1n) is 4.76. The molecule has 0 heterocycles. The van der Waals surface area contributed by atoms with Gasteiger partial charge in [0.05, 0.1) is 5.56 Å². The van der Waals surface area contributed by atoms with E-state index in [1.807, 2.05) is 6.92 Å². The van der Waals surface area contributed by atoms with Crippen molar-refractivity contribution in [3.05, 3.63) is 35.1 Å². The van der Waals surface area contributed by atoms with Gasteiger partial charge < -0.3 is 0 Å². The van der Waals surface area contributed by atoms with Crippen molar-refractivity contribution in [2.24, 2.45) is 5.92 Å². The molecule has 1 saturated carbocycles. The summed E-state index contributed by atoms with van der Waals surface area (Å²) in [6, 6.07) is 3.22. The van der Waals surface area contributed by atoms with E-state index in [0.29, 0.717) is 11.5 Å². The zero-order chi connectivity index (χ0) is 11.2. The molecule has 0 nitrogen and oxygen atoms in total. The maximum absolute atomic E-state index is 13.1. The molecule has 2 atom stereocenters. The molecule has 0 unspecified atom stereocenters. The van der Waals surface area contributed by atoms with Crippen LogP contribution in [0.15, 0.2) is 18.2 Å². The van der Waals surface area contributed by atoms with Gasteiger partial charge in [0.2, 0.25) is 0 Å². The number of hydrogen-bond donors (Lipinski definition) is 0. The third-order valence-electron chi connectivity index (χ3n) is 2.84. The van der Waals surface area contributed by atoms with Crippen molar-refractivity contribution in [3.8, 4) is 0 Å². The van der Waals surface area contributed by atoms with Gasteiger partial charge in [0.15, 0.2) is 0 Å². The molecule has 1 aromatic rings. The van der Waals surface area contributed by atoms with Crippen molar-refractivity contribution in [1.29, 1.82) is 0 Å². The quantitative estimate of drug-likeness (QED) is 0.625. The molecule has 1 aromatic carbocycles. The smallest absolute Gasteiger partial charge is 0.206 e. The van der Waals surface area contributed by atoms with Gasteiger partial charge >= 0.3 is 6.18 Å². The first-order valence-corrected chi connectivity index (χ1v) is 4.76. The molecule has 0 bridgehead atoms. The Morgan fingerprint density at radius 3 is 2.27 bits per heavy atom. The first kappa shape index (κ1) is 10.5. The number of halogens is 4. The summed E-state index contributed by atoms with van der Waals surface area (Å²) in [5, 5.41) is 0. The van der Waals surface area contributed by atoms with Crippen LogP contribution in [0.25, 0.3) is 0 Å². The van der Waals surface area contributed by atoms with Crippen molar-refractivity contribution in [3.63, 3.8) is 0 Å². The van der Waals surface area contributed by atoms with Crippen molar-refractivity contribution in [1.82, 2.24) is 0 Å². The predicted octanol–water partition coefficient (Wildman–Crippen LogP) is 3.97. The molecule has 2 rings (SSSR count). The van der Waals surface area contributed by atoms with E-state index in [1.54, 1.807) is 0 Å². The molecular formula is C11H10F4. The standard InChI is InChI=1S/C11H10F4/c1-6-4-8(6)7-2-3-9(10(12)5-7)11(13,14)15/h2-3,5-6,8H,4H2,1H3/t6-,8-/m0/s1. The van der Waals surface area contributed by atoms with Crippen LogP contribution in [0.2, 0.25) is 0 Å². The van der Waals surface area contributed by atoms with Crippen LogP contribution in [0.4, 0.5) is 17.6 Å². The Kier molecular flexibility index (Phi) is 2.24. The summed E-state index contributed by atoms with van der Waals surface area (Å²) in [5.74, 6) is -0.470. The number of alkyl halides is 3. The van der Waals surface area contributed by atoms with Crippen molar-refractivity contribution in [2.45, 2.75) is 25.4 Å². The molecule has 0 radical (unpaired) electrons. The summed E-state index contributed by atoms with van der Waals surface area (Å²) in [6.45, 7) is 2.00. The fourth-order valence-electron chi connectivity index (χ4n) is 1.78. The van der Waals surface area contributed by atoms with Gasteiger partial charge in [-0.25, -0.2) is 4.39 Å². The van der Waals surface area contributed by atoms with Gasteiger partial charge in [-0.2, -0.15) is 13.2 Å². The summed E-state index contributed by atoms with van der Waals surface area (Å²) in [4.78, 5) is 0. The monoisotopic (exact) mass is 218 g/mol. The molecule has 1 aliphatic carbocycles. The largest absolute Gasteiger partial charge is 0.419 e. The van der Waals surface area contributed by atoms with Gasteiger partial charge in [-0.3, -0.25) is 0 Å². The van der Waals surface area contributed by atoms with Crippen LogP contribution in [0.1, 0.15) is 30.4 Å². The normalized spacial score (nSPS) is 25.4. The van der Waals surface area contributed by atoms with Gasteiger partial charge in [-0.15, -0.1) is 0 Å². The summed E-state index contributed by atoms with van der Waals surface area (Å²) in [5.41, 5.74) is -0.507. The number of rotatable bonds is 1. The molecule has 0 aromatic heterocycles. The fraction of sp³-hybridized carbons (Fsp3) is 0.455. The van der Waals surface area contributed by atoms with E-state index in [9.17, 15) is 17.6 Å². The molecular weight excluding hydrogens is 208 g/mol. The molecule has 0 spiro atoms. The van der Waals surface area contributed by atoms with E-state index >= 15 is 0 Å². The Bertz CT molecular complexity index is 381. The Hall–Kier alpha value is -1.06. The lowest BCUT2D eigenvalue weighted by Gasteiger charge is -2.09. The topological polar surface area (TPSA) is 0 Å². The average molecular weight is 218 g/mol. The Morgan fingerprint density at radius 2 is 1.87 bits per heavy atom. The highest BCUT2D eigenvalue weighted by molar-refractivity contribution is 5.31. The minimum Gasteiger partial charge on any atom is -0.206 e. The van der Waals surface area contributed by atoms with E-state index in [0.717, 1.165) is 18.6 Å². The lowest BCUT2D eigenvalue weighted by atomic mass is 10.1. The molecule has 82 valence electrons. The molecule has 1 fully saturated rings. The van der Waals surface area contributed by atoms with Crippen LogP contribution < -0.4 is 0 Å². The number of hydrogen-bond acceptors (Lipinski definition) is 0. The average Bonchev–Trinajstić information content (AvgIpc) is 2.80. The Balaban J connectivity index is 2.31.